The van der Waals surface area contributed by atoms with Crippen LogP contribution in [0, 0.1) is 6.92 Å². The van der Waals surface area contributed by atoms with Crippen molar-refractivity contribution in [1.29, 1.82) is 0 Å². The number of benzene rings is 1. The molecule has 1 aromatic heterocycles. The van der Waals surface area contributed by atoms with Crippen LogP contribution in [0.3, 0.4) is 0 Å². The van der Waals surface area contributed by atoms with Crippen LogP contribution in [-0.4, -0.2) is 59.5 Å². The first-order valence-corrected chi connectivity index (χ1v) is 8.59. The lowest BCUT2D eigenvalue weighted by molar-refractivity contribution is -0.117. The predicted octanol–water partition coefficient (Wildman–Crippen LogP) is 1.26. The third kappa shape index (κ3) is 5.53. The number of halogens is 1. The van der Waals surface area contributed by atoms with Crippen molar-refractivity contribution in [1.82, 2.24) is 15.0 Å². The number of nitrogens with one attached hydrogen (secondary N) is 1. The summed E-state index contributed by atoms with van der Waals surface area (Å²) in [7, 11) is 0. The highest BCUT2D eigenvalue weighted by molar-refractivity contribution is 5.94. The molecule has 9 heteroatoms. The molecule has 2 amide bonds. The van der Waals surface area contributed by atoms with Crippen LogP contribution in [0.5, 0.6) is 0 Å². The SMILES string of the molecule is Cc1cc(NC(=O)CN2CCN(C(=O)c3ccc(CN)cc3)CC2)no1.Cl. The maximum atomic E-state index is 12.5. The molecule has 0 saturated carbocycles. The van der Waals surface area contributed by atoms with Crippen LogP contribution >= 0.6 is 12.4 Å². The number of nitrogens with two attached hydrogens (primary N) is 1. The average molecular weight is 394 g/mol. The first kappa shape index (κ1) is 20.9. The van der Waals surface area contributed by atoms with Gasteiger partial charge in [-0.15, -0.1) is 12.4 Å². The molecular weight excluding hydrogens is 370 g/mol. The van der Waals surface area contributed by atoms with Crippen LogP contribution in [0.15, 0.2) is 34.9 Å². The van der Waals surface area contributed by atoms with E-state index in [2.05, 4.69) is 10.5 Å². The Morgan fingerprint density at radius 2 is 1.85 bits per heavy atom. The molecule has 1 aliphatic heterocycles. The van der Waals surface area contributed by atoms with Gasteiger partial charge in [0.2, 0.25) is 5.91 Å². The van der Waals surface area contributed by atoms with Gasteiger partial charge >= 0.3 is 0 Å². The molecule has 0 bridgehead atoms. The number of hydrogen-bond donors (Lipinski definition) is 2. The number of nitrogens with zero attached hydrogens (tertiary/aromatic N) is 3. The van der Waals surface area contributed by atoms with E-state index in [0.717, 1.165) is 5.56 Å². The van der Waals surface area contributed by atoms with Crippen molar-refractivity contribution in [3.63, 3.8) is 0 Å². The zero-order valence-corrected chi connectivity index (χ0v) is 16.0. The Morgan fingerprint density at radius 3 is 2.41 bits per heavy atom. The van der Waals surface area contributed by atoms with Crippen molar-refractivity contribution < 1.29 is 14.1 Å². The largest absolute Gasteiger partial charge is 0.360 e. The number of piperazine rings is 1. The van der Waals surface area contributed by atoms with Crippen LogP contribution in [-0.2, 0) is 11.3 Å². The molecule has 3 rings (SSSR count). The van der Waals surface area contributed by atoms with Crippen LogP contribution in [0.4, 0.5) is 5.82 Å². The van der Waals surface area contributed by atoms with Gasteiger partial charge in [0.15, 0.2) is 5.82 Å². The summed E-state index contributed by atoms with van der Waals surface area (Å²) in [5.74, 6) is 0.931. The molecule has 1 aliphatic rings. The van der Waals surface area contributed by atoms with E-state index in [1.54, 1.807) is 13.0 Å². The highest BCUT2D eigenvalue weighted by Gasteiger charge is 2.23. The Morgan fingerprint density at radius 1 is 1.19 bits per heavy atom. The molecule has 27 heavy (non-hydrogen) atoms. The fraction of sp³-hybridized carbons (Fsp3) is 0.389. The van der Waals surface area contributed by atoms with Crippen molar-refractivity contribution in [3.8, 4) is 0 Å². The molecule has 3 N–H and O–H groups in total. The lowest BCUT2D eigenvalue weighted by Gasteiger charge is -2.34. The zero-order chi connectivity index (χ0) is 18.5. The maximum absolute atomic E-state index is 12.5. The third-order valence-electron chi connectivity index (χ3n) is 4.36. The summed E-state index contributed by atoms with van der Waals surface area (Å²) >= 11 is 0. The van der Waals surface area contributed by atoms with Crippen molar-refractivity contribution in [3.05, 3.63) is 47.2 Å². The number of aryl methyl sites for hydroxylation is 1. The van der Waals surface area contributed by atoms with E-state index in [9.17, 15) is 9.59 Å². The van der Waals surface area contributed by atoms with Crippen molar-refractivity contribution in [2.24, 2.45) is 5.73 Å². The molecule has 1 aromatic carbocycles. The summed E-state index contributed by atoms with van der Waals surface area (Å²) in [6.45, 7) is 4.97. The second kappa shape index (κ2) is 9.50. The first-order valence-electron chi connectivity index (χ1n) is 8.59. The molecule has 8 nitrogen and oxygen atoms in total. The van der Waals surface area contributed by atoms with E-state index in [1.807, 2.05) is 34.1 Å². The maximum Gasteiger partial charge on any atom is 0.253 e. The van der Waals surface area contributed by atoms with E-state index < -0.39 is 0 Å². The van der Waals surface area contributed by atoms with Crippen molar-refractivity contribution >= 4 is 30.0 Å². The molecular formula is C18H24ClN5O3. The minimum Gasteiger partial charge on any atom is -0.360 e. The third-order valence-corrected chi connectivity index (χ3v) is 4.36. The van der Waals surface area contributed by atoms with Gasteiger partial charge in [0, 0.05) is 44.4 Å². The van der Waals surface area contributed by atoms with Crippen molar-refractivity contribution in [2.75, 3.05) is 38.0 Å². The van der Waals surface area contributed by atoms with E-state index in [0.29, 0.717) is 49.9 Å². The average Bonchev–Trinajstić information content (AvgIpc) is 3.06. The Labute approximate surface area is 164 Å². The van der Waals surface area contributed by atoms with Gasteiger partial charge in [0.25, 0.3) is 5.91 Å². The summed E-state index contributed by atoms with van der Waals surface area (Å²) in [4.78, 5) is 28.4. The summed E-state index contributed by atoms with van der Waals surface area (Å²) in [5, 5.41) is 6.45. The molecule has 0 aliphatic carbocycles. The van der Waals surface area contributed by atoms with Gasteiger partial charge in [-0.3, -0.25) is 14.5 Å². The smallest absolute Gasteiger partial charge is 0.253 e. The predicted molar refractivity (Wildman–Crippen MR) is 104 cm³/mol. The number of aromatic nitrogens is 1. The fourth-order valence-electron chi connectivity index (χ4n) is 2.89. The van der Waals surface area contributed by atoms with E-state index in [1.165, 1.54) is 0 Å². The highest BCUT2D eigenvalue weighted by atomic mass is 35.5. The monoisotopic (exact) mass is 393 g/mol. The van der Waals surface area contributed by atoms with Gasteiger partial charge in [-0.2, -0.15) is 0 Å². The number of rotatable bonds is 5. The van der Waals surface area contributed by atoms with Gasteiger partial charge in [0.1, 0.15) is 5.76 Å². The van der Waals surface area contributed by atoms with Crippen LogP contribution in [0.25, 0.3) is 0 Å². The molecule has 0 radical (unpaired) electrons. The lowest BCUT2D eigenvalue weighted by atomic mass is 10.1. The number of anilines is 1. The molecule has 0 spiro atoms. The molecule has 2 aromatic rings. The minimum absolute atomic E-state index is 0. The molecule has 1 saturated heterocycles. The van der Waals surface area contributed by atoms with Crippen molar-refractivity contribution in [2.45, 2.75) is 13.5 Å². The van der Waals surface area contributed by atoms with E-state index in [4.69, 9.17) is 10.3 Å². The number of carbonyl (C=O) groups is 2. The minimum atomic E-state index is -0.143. The summed E-state index contributed by atoms with van der Waals surface area (Å²) in [6.07, 6.45) is 0. The van der Waals surface area contributed by atoms with Gasteiger partial charge in [-0.25, -0.2) is 0 Å². The standard InChI is InChI=1S/C18H23N5O3.ClH/c1-13-10-16(21-26-13)20-17(24)12-22-6-8-23(9-7-22)18(25)15-4-2-14(11-19)3-5-15;/h2-5,10H,6-9,11-12,19H2,1H3,(H,20,21,24);1H. The van der Waals surface area contributed by atoms with E-state index in [-0.39, 0.29) is 30.8 Å². The Kier molecular flexibility index (Phi) is 7.35. The van der Waals surface area contributed by atoms with Crippen LogP contribution in [0.2, 0.25) is 0 Å². The molecule has 0 unspecified atom stereocenters. The van der Waals surface area contributed by atoms with E-state index >= 15 is 0 Å². The molecule has 0 atom stereocenters. The number of hydrogen-bond acceptors (Lipinski definition) is 6. The highest BCUT2D eigenvalue weighted by Crippen LogP contribution is 2.11. The van der Waals surface area contributed by atoms with Crippen LogP contribution in [0.1, 0.15) is 21.7 Å². The van der Waals surface area contributed by atoms with Gasteiger partial charge in [-0.05, 0) is 24.6 Å². The Bertz CT molecular complexity index is 770. The Hall–Kier alpha value is -2.42. The molecule has 146 valence electrons. The van der Waals surface area contributed by atoms with Crippen LogP contribution < -0.4 is 11.1 Å². The Balaban J connectivity index is 0.00000261. The first-order chi connectivity index (χ1) is 12.5. The molecule has 2 heterocycles. The lowest BCUT2D eigenvalue weighted by Crippen LogP contribution is -2.50. The summed E-state index contributed by atoms with van der Waals surface area (Å²) in [5.41, 5.74) is 7.24. The summed E-state index contributed by atoms with van der Waals surface area (Å²) in [6, 6.07) is 9.04. The second-order valence-electron chi connectivity index (χ2n) is 6.34. The second-order valence-corrected chi connectivity index (χ2v) is 6.34. The summed E-state index contributed by atoms with van der Waals surface area (Å²) < 4.78 is 4.92. The number of carbonyl (C=O) groups excluding carboxylic acids is 2. The van der Waals surface area contributed by atoms with Gasteiger partial charge in [-0.1, -0.05) is 17.3 Å². The zero-order valence-electron chi connectivity index (χ0n) is 15.2. The normalized spacial score (nSPS) is 14.5. The topological polar surface area (TPSA) is 105 Å². The fourth-order valence-corrected chi connectivity index (χ4v) is 2.89. The molecule has 1 fully saturated rings. The quantitative estimate of drug-likeness (QED) is 0.792. The number of amides is 2. The van der Waals surface area contributed by atoms with Gasteiger partial charge < -0.3 is 20.5 Å². The van der Waals surface area contributed by atoms with Gasteiger partial charge in [0.05, 0.1) is 6.54 Å².